The maximum atomic E-state index is 12.4. The summed E-state index contributed by atoms with van der Waals surface area (Å²) in [5.41, 5.74) is 11.9. The molecule has 2 unspecified atom stereocenters. The van der Waals surface area contributed by atoms with Crippen LogP contribution in [0.25, 0.3) is 11.0 Å². The van der Waals surface area contributed by atoms with Crippen molar-refractivity contribution in [2.75, 3.05) is 12.3 Å². The fraction of sp³-hybridized carbons (Fsp3) is 0.562. The smallest absolute Gasteiger partial charge is 0.237 e. The number of rotatable bonds is 6. The number of hydrogen-bond acceptors (Lipinski definition) is 9. The molecule has 0 aliphatic carbocycles. The molecule has 3 rings (SSSR count). The lowest BCUT2D eigenvalue weighted by Gasteiger charge is -2.24. The molecule has 1 fully saturated rings. The number of hydrogen-bond donors (Lipinski definition) is 6. The lowest BCUT2D eigenvalue weighted by molar-refractivity contribution is -0.124. The van der Waals surface area contributed by atoms with Gasteiger partial charge in [0.2, 0.25) is 5.91 Å². The van der Waals surface area contributed by atoms with E-state index in [1.54, 1.807) is 0 Å². The van der Waals surface area contributed by atoms with Gasteiger partial charge in [-0.3, -0.25) is 9.36 Å². The summed E-state index contributed by atoms with van der Waals surface area (Å²) in [4.78, 5) is 20.3. The number of aromatic hydroxyl groups is 1. The molecule has 0 saturated carbocycles. The molecule has 11 nitrogen and oxygen atoms in total. The lowest BCUT2D eigenvalue weighted by Crippen LogP contribution is -2.51. The zero-order chi connectivity index (χ0) is 19.7. The predicted octanol–water partition coefficient (Wildman–Crippen LogP) is -1.42. The summed E-state index contributed by atoms with van der Waals surface area (Å²) >= 11 is 0. The van der Waals surface area contributed by atoms with Crippen LogP contribution in [0.5, 0.6) is 5.75 Å². The number of aliphatic hydroxyl groups excluding tert-OH is 2. The number of carbonyl (C=O) groups excluding carboxylic acids is 1. The van der Waals surface area contributed by atoms with Crippen molar-refractivity contribution in [2.24, 2.45) is 5.73 Å². The molecule has 1 aliphatic heterocycles. The Labute approximate surface area is 155 Å². The number of fused-ring (bicyclic) bond motifs is 1. The molecule has 148 valence electrons. The minimum Gasteiger partial charge on any atom is -0.505 e. The highest BCUT2D eigenvalue weighted by Crippen LogP contribution is 2.36. The SMILES string of the molecule is CCCC(N)C(=O)N[C@H]1C(O)[C@@H](CO)O[C@H]1n1cc(O)c2c(N)ncnc21. The quantitative estimate of drug-likeness (QED) is 0.350. The van der Waals surface area contributed by atoms with Crippen molar-refractivity contribution in [3.8, 4) is 5.75 Å². The molecular weight excluding hydrogens is 356 g/mol. The summed E-state index contributed by atoms with van der Waals surface area (Å²) in [6.07, 6.45) is 0.727. The lowest BCUT2D eigenvalue weighted by atomic mass is 10.1. The van der Waals surface area contributed by atoms with Crippen molar-refractivity contribution >= 4 is 22.8 Å². The maximum absolute atomic E-state index is 12.4. The average molecular weight is 380 g/mol. The van der Waals surface area contributed by atoms with Crippen LogP contribution in [0.2, 0.25) is 0 Å². The number of nitrogens with zero attached hydrogens (tertiary/aromatic N) is 3. The fourth-order valence-corrected chi connectivity index (χ4v) is 3.29. The molecule has 27 heavy (non-hydrogen) atoms. The number of carbonyl (C=O) groups is 1. The topological polar surface area (TPSA) is 182 Å². The first-order valence-electron chi connectivity index (χ1n) is 8.69. The van der Waals surface area contributed by atoms with E-state index in [1.807, 2.05) is 6.92 Å². The van der Waals surface area contributed by atoms with Gasteiger partial charge in [-0.05, 0) is 6.42 Å². The first-order valence-corrected chi connectivity index (χ1v) is 8.69. The Morgan fingerprint density at radius 1 is 1.48 bits per heavy atom. The zero-order valence-corrected chi connectivity index (χ0v) is 14.8. The van der Waals surface area contributed by atoms with Gasteiger partial charge in [0.1, 0.15) is 41.5 Å². The second kappa shape index (κ2) is 7.64. The van der Waals surface area contributed by atoms with Crippen molar-refractivity contribution in [1.82, 2.24) is 19.9 Å². The van der Waals surface area contributed by atoms with Gasteiger partial charge in [0.15, 0.2) is 11.9 Å². The van der Waals surface area contributed by atoms with E-state index < -0.39 is 43.0 Å². The van der Waals surface area contributed by atoms with Crippen LogP contribution >= 0.6 is 0 Å². The second-order valence-electron chi connectivity index (χ2n) is 6.55. The van der Waals surface area contributed by atoms with Gasteiger partial charge < -0.3 is 36.8 Å². The summed E-state index contributed by atoms with van der Waals surface area (Å²) in [7, 11) is 0. The standard InChI is InChI=1S/C16H24N6O5/c1-2-3-7(17)15(26)21-11-12(25)9(5-23)27-16(11)22-4-8(24)10-13(18)19-6-20-14(10)22/h4,6-7,9,11-12,16,23-25H,2-3,5,17H2,1H3,(H,21,26)(H2,18,19,20)/t7?,9-,11+,12?,16-/m1/s1. The van der Waals surface area contributed by atoms with E-state index in [0.717, 1.165) is 6.42 Å². The van der Waals surface area contributed by atoms with E-state index in [1.165, 1.54) is 17.1 Å². The molecule has 1 amide bonds. The third kappa shape index (κ3) is 3.41. The molecule has 3 heterocycles. The van der Waals surface area contributed by atoms with Crippen molar-refractivity contribution in [3.05, 3.63) is 12.5 Å². The molecule has 5 atom stereocenters. The summed E-state index contributed by atoms with van der Waals surface area (Å²) in [5.74, 6) is -0.525. The number of nitrogens with one attached hydrogen (secondary N) is 1. The van der Waals surface area contributed by atoms with E-state index in [9.17, 15) is 20.1 Å². The van der Waals surface area contributed by atoms with Gasteiger partial charge in [0.05, 0.1) is 18.8 Å². The van der Waals surface area contributed by atoms with E-state index in [4.69, 9.17) is 16.2 Å². The Morgan fingerprint density at radius 2 is 2.22 bits per heavy atom. The van der Waals surface area contributed by atoms with E-state index in [-0.39, 0.29) is 22.6 Å². The molecule has 1 aliphatic rings. The zero-order valence-electron chi connectivity index (χ0n) is 14.8. The fourth-order valence-electron chi connectivity index (χ4n) is 3.29. The molecule has 11 heteroatoms. The van der Waals surface area contributed by atoms with E-state index >= 15 is 0 Å². The monoisotopic (exact) mass is 380 g/mol. The highest BCUT2D eigenvalue weighted by Gasteiger charge is 2.46. The van der Waals surface area contributed by atoms with Crippen LogP contribution in [-0.2, 0) is 9.53 Å². The highest BCUT2D eigenvalue weighted by atomic mass is 16.5. The number of nitrogens with two attached hydrogens (primary N) is 2. The number of nitrogen functional groups attached to an aromatic ring is 1. The third-order valence-corrected chi connectivity index (χ3v) is 4.69. The molecular formula is C16H24N6O5. The van der Waals surface area contributed by atoms with Gasteiger partial charge in [-0.1, -0.05) is 13.3 Å². The number of aromatic nitrogens is 3. The van der Waals surface area contributed by atoms with Crippen LogP contribution in [0.3, 0.4) is 0 Å². The molecule has 8 N–H and O–H groups in total. The number of aliphatic hydroxyl groups is 2. The van der Waals surface area contributed by atoms with Crippen molar-refractivity contribution in [2.45, 2.75) is 50.3 Å². The molecule has 0 aromatic carbocycles. The van der Waals surface area contributed by atoms with Crippen LogP contribution in [0.15, 0.2) is 12.5 Å². The van der Waals surface area contributed by atoms with Crippen LogP contribution in [0.1, 0.15) is 26.0 Å². The average Bonchev–Trinajstić information content (AvgIpc) is 3.13. The van der Waals surface area contributed by atoms with Gasteiger partial charge in [0, 0.05) is 0 Å². The summed E-state index contributed by atoms with van der Waals surface area (Å²) in [5, 5.41) is 33.1. The Balaban J connectivity index is 1.97. The number of anilines is 1. The molecule has 0 radical (unpaired) electrons. The first-order chi connectivity index (χ1) is 12.9. The maximum Gasteiger partial charge on any atom is 0.237 e. The normalized spacial score (nSPS) is 26.4. The Bertz CT molecular complexity index is 827. The second-order valence-corrected chi connectivity index (χ2v) is 6.55. The van der Waals surface area contributed by atoms with E-state index in [0.29, 0.717) is 6.42 Å². The van der Waals surface area contributed by atoms with Gasteiger partial charge in [-0.25, -0.2) is 9.97 Å². The molecule has 2 aromatic rings. The van der Waals surface area contributed by atoms with Crippen LogP contribution < -0.4 is 16.8 Å². The Hall–Kier alpha value is -2.47. The van der Waals surface area contributed by atoms with Crippen LogP contribution in [0, 0.1) is 0 Å². The van der Waals surface area contributed by atoms with Crippen molar-refractivity contribution < 1.29 is 24.9 Å². The summed E-state index contributed by atoms with van der Waals surface area (Å²) in [6.45, 7) is 1.46. The van der Waals surface area contributed by atoms with Crippen LogP contribution in [-0.4, -0.2) is 66.7 Å². The Kier molecular flexibility index (Phi) is 5.46. The molecule has 2 aromatic heterocycles. The van der Waals surface area contributed by atoms with Gasteiger partial charge >= 0.3 is 0 Å². The third-order valence-electron chi connectivity index (χ3n) is 4.69. The first kappa shape index (κ1) is 19.3. The van der Waals surface area contributed by atoms with Gasteiger partial charge in [-0.15, -0.1) is 0 Å². The van der Waals surface area contributed by atoms with Crippen LogP contribution in [0.4, 0.5) is 5.82 Å². The highest BCUT2D eigenvalue weighted by molar-refractivity contribution is 5.92. The predicted molar refractivity (Wildman–Crippen MR) is 95.4 cm³/mol. The molecule has 1 saturated heterocycles. The number of amides is 1. The van der Waals surface area contributed by atoms with Crippen molar-refractivity contribution in [3.63, 3.8) is 0 Å². The number of ether oxygens (including phenoxy) is 1. The van der Waals surface area contributed by atoms with Gasteiger partial charge in [-0.2, -0.15) is 0 Å². The summed E-state index contributed by atoms with van der Waals surface area (Å²) in [6, 6.07) is -1.65. The Morgan fingerprint density at radius 3 is 2.89 bits per heavy atom. The molecule has 0 bridgehead atoms. The largest absolute Gasteiger partial charge is 0.505 e. The van der Waals surface area contributed by atoms with Gasteiger partial charge in [0.25, 0.3) is 0 Å². The molecule has 0 spiro atoms. The van der Waals surface area contributed by atoms with Crippen molar-refractivity contribution in [1.29, 1.82) is 0 Å². The minimum absolute atomic E-state index is 0.0825. The summed E-state index contributed by atoms with van der Waals surface area (Å²) < 4.78 is 7.16. The minimum atomic E-state index is -1.18. The van der Waals surface area contributed by atoms with E-state index in [2.05, 4.69) is 15.3 Å².